The zero-order valence-corrected chi connectivity index (χ0v) is 13.3. The molecule has 122 valence electrons. The van der Waals surface area contributed by atoms with E-state index in [0.717, 1.165) is 6.26 Å². The SMILES string of the molecule is CS(=O)(=O)NNC(=O)C1C=CN(CC(=O)c2ccccc2)C=C1. The van der Waals surface area contributed by atoms with E-state index in [2.05, 4.69) is 5.43 Å². The van der Waals surface area contributed by atoms with E-state index in [1.54, 1.807) is 53.7 Å². The highest BCUT2D eigenvalue weighted by Crippen LogP contribution is 2.11. The second-order valence-electron chi connectivity index (χ2n) is 5.03. The van der Waals surface area contributed by atoms with Crippen molar-refractivity contribution in [3.63, 3.8) is 0 Å². The standard InChI is InChI=1S/C15H17N3O4S/c1-23(21,22)17-16-15(20)13-7-9-18(10-8-13)11-14(19)12-5-3-2-4-6-12/h2-10,13,17H,11H2,1H3,(H,16,20). The molecular weight excluding hydrogens is 318 g/mol. The van der Waals surface area contributed by atoms with Crippen LogP contribution >= 0.6 is 0 Å². The zero-order valence-electron chi connectivity index (χ0n) is 12.5. The van der Waals surface area contributed by atoms with Crippen LogP contribution in [0.2, 0.25) is 0 Å². The van der Waals surface area contributed by atoms with Gasteiger partial charge in [-0.2, -0.15) is 0 Å². The number of carbonyl (C=O) groups excluding carboxylic acids is 2. The van der Waals surface area contributed by atoms with Crippen LogP contribution in [-0.2, 0) is 14.8 Å². The maximum Gasteiger partial charge on any atom is 0.245 e. The molecule has 0 radical (unpaired) electrons. The molecule has 2 N–H and O–H groups in total. The lowest BCUT2D eigenvalue weighted by Gasteiger charge is -2.20. The summed E-state index contributed by atoms with van der Waals surface area (Å²) in [7, 11) is -3.50. The topological polar surface area (TPSA) is 95.6 Å². The maximum atomic E-state index is 12.1. The molecular formula is C15H17N3O4S. The Morgan fingerprint density at radius 1 is 1.13 bits per heavy atom. The van der Waals surface area contributed by atoms with E-state index in [0.29, 0.717) is 5.56 Å². The van der Waals surface area contributed by atoms with Crippen molar-refractivity contribution >= 4 is 21.7 Å². The molecule has 0 spiro atoms. The monoisotopic (exact) mass is 335 g/mol. The van der Waals surface area contributed by atoms with Gasteiger partial charge in [0.25, 0.3) is 0 Å². The van der Waals surface area contributed by atoms with E-state index in [9.17, 15) is 18.0 Å². The second-order valence-corrected chi connectivity index (χ2v) is 6.78. The molecule has 0 aromatic heterocycles. The average molecular weight is 335 g/mol. The van der Waals surface area contributed by atoms with Gasteiger partial charge in [0.1, 0.15) is 0 Å². The Labute approximate surface area is 134 Å². The third kappa shape index (κ3) is 5.35. The zero-order chi connectivity index (χ0) is 16.9. The van der Waals surface area contributed by atoms with Gasteiger partial charge < -0.3 is 4.90 Å². The second kappa shape index (κ2) is 7.21. The van der Waals surface area contributed by atoms with Crippen molar-refractivity contribution in [2.75, 3.05) is 12.8 Å². The quantitative estimate of drug-likeness (QED) is 0.580. The molecule has 1 aliphatic heterocycles. The van der Waals surface area contributed by atoms with Gasteiger partial charge in [-0.25, -0.2) is 8.42 Å². The van der Waals surface area contributed by atoms with Crippen molar-refractivity contribution in [3.8, 4) is 0 Å². The number of carbonyl (C=O) groups is 2. The third-order valence-electron chi connectivity index (χ3n) is 3.05. The Morgan fingerprint density at radius 2 is 1.74 bits per heavy atom. The number of ketones is 1. The predicted octanol–water partition coefficient (Wildman–Crippen LogP) is 0.409. The van der Waals surface area contributed by atoms with Crippen LogP contribution in [0.3, 0.4) is 0 Å². The van der Waals surface area contributed by atoms with Gasteiger partial charge in [-0.15, -0.1) is 4.83 Å². The Bertz CT molecular complexity index is 727. The van der Waals surface area contributed by atoms with E-state index in [1.807, 2.05) is 10.9 Å². The van der Waals surface area contributed by atoms with Crippen LogP contribution in [0.25, 0.3) is 0 Å². The normalized spacial score (nSPS) is 14.7. The smallest absolute Gasteiger partial charge is 0.245 e. The number of benzene rings is 1. The highest BCUT2D eigenvalue weighted by Gasteiger charge is 2.18. The number of amides is 1. The number of Topliss-reactive ketones (excluding diaryl/α,β-unsaturated/α-hetero) is 1. The highest BCUT2D eigenvalue weighted by atomic mass is 32.2. The molecule has 0 bridgehead atoms. The lowest BCUT2D eigenvalue weighted by molar-refractivity contribution is -0.122. The minimum atomic E-state index is -3.50. The fourth-order valence-electron chi connectivity index (χ4n) is 1.91. The molecule has 23 heavy (non-hydrogen) atoms. The van der Waals surface area contributed by atoms with Crippen molar-refractivity contribution in [2.45, 2.75) is 0 Å². The molecule has 2 rings (SSSR count). The fraction of sp³-hybridized carbons (Fsp3) is 0.200. The van der Waals surface area contributed by atoms with Crippen LogP contribution in [0, 0.1) is 5.92 Å². The van der Waals surface area contributed by atoms with Gasteiger partial charge in [0.05, 0.1) is 18.7 Å². The first kappa shape index (κ1) is 16.9. The van der Waals surface area contributed by atoms with Gasteiger partial charge in [0.2, 0.25) is 15.9 Å². The van der Waals surface area contributed by atoms with Crippen LogP contribution in [0.15, 0.2) is 54.9 Å². The Kier molecular flexibility index (Phi) is 5.30. The molecule has 0 aliphatic carbocycles. The van der Waals surface area contributed by atoms with Crippen LogP contribution in [0.5, 0.6) is 0 Å². The molecule has 0 fully saturated rings. The summed E-state index contributed by atoms with van der Waals surface area (Å²) in [5, 5.41) is 0. The van der Waals surface area contributed by atoms with Crippen LogP contribution in [-0.4, -0.2) is 37.8 Å². The first-order valence-electron chi connectivity index (χ1n) is 6.82. The van der Waals surface area contributed by atoms with Gasteiger partial charge >= 0.3 is 0 Å². The van der Waals surface area contributed by atoms with Gasteiger partial charge in [-0.05, 0) is 0 Å². The summed E-state index contributed by atoms with van der Waals surface area (Å²) in [6.45, 7) is 0.160. The summed E-state index contributed by atoms with van der Waals surface area (Å²) in [5.74, 6) is -1.15. The highest BCUT2D eigenvalue weighted by molar-refractivity contribution is 7.88. The number of hydrogen-bond acceptors (Lipinski definition) is 5. The van der Waals surface area contributed by atoms with E-state index in [-0.39, 0.29) is 12.3 Å². The molecule has 1 aliphatic rings. The number of nitrogens with zero attached hydrogens (tertiary/aromatic N) is 1. The summed E-state index contributed by atoms with van der Waals surface area (Å²) < 4.78 is 21.8. The molecule has 0 atom stereocenters. The van der Waals surface area contributed by atoms with Crippen molar-refractivity contribution in [3.05, 3.63) is 60.4 Å². The summed E-state index contributed by atoms with van der Waals surface area (Å²) in [6.07, 6.45) is 7.34. The lowest BCUT2D eigenvalue weighted by Crippen LogP contribution is -2.43. The van der Waals surface area contributed by atoms with Crippen molar-refractivity contribution < 1.29 is 18.0 Å². The number of sulfonamides is 1. The third-order valence-corrected chi connectivity index (χ3v) is 3.53. The lowest BCUT2D eigenvalue weighted by atomic mass is 10.1. The molecule has 1 heterocycles. The van der Waals surface area contributed by atoms with E-state index < -0.39 is 21.8 Å². The van der Waals surface area contributed by atoms with Gasteiger partial charge in [0.15, 0.2) is 5.78 Å². The maximum absolute atomic E-state index is 12.1. The van der Waals surface area contributed by atoms with Crippen LogP contribution in [0.4, 0.5) is 0 Å². The Hall–Kier alpha value is -2.45. The van der Waals surface area contributed by atoms with Crippen LogP contribution < -0.4 is 10.3 Å². The van der Waals surface area contributed by atoms with Crippen LogP contribution in [0.1, 0.15) is 10.4 Å². The summed E-state index contributed by atoms with van der Waals surface area (Å²) in [6, 6.07) is 8.92. The first-order chi connectivity index (χ1) is 10.8. The fourth-order valence-corrected chi connectivity index (χ4v) is 2.19. The van der Waals surface area contributed by atoms with E-state index >= 15 is 0 Å². The van der Waals surface area contributed by atoms with E-state index in [1.165, 1.54) is 0 Å². The number of rotatable bonds is 6. The average Bonchev–Trinajstić information content (AvgIpc) is 2.53. The minimum absolute atomic E-state index is 0.0402. The number of hydrogen-bond donors (Lipinski definition) is 2. The predicted molar refractivity (Wildman–Crippen MR) is 85.4 cm³/mol. The number of nitrogens with one attached hydrogen (secondary N) is 2. The van der Waals surface area contributed by atoms with Gasteiger partial charge in [0, 0.05) is 18.0 Å². The summed E-state index contributed by atoms with van der Waals surface area (Å²) in [4.78, 5) is 27.4. The Balaban J connectivity index is 1.88. The summed E-state index contributed by atoms with van der Waals surface area (Å²) >= 11 is 0. The van der Waals surface area contributed by atoms with Crippen molar-refractivity contribution in [1.29, 1.82) is 0 Å². The first-order valence-corrected chi connectivity index (χ1v) is 8.71. The largest absolute Gasteiger partial charge is 0.347 e. The number of hydrazine groups is 1. The molecule has 1 aromatic carbocycles. The van der Waals surface area contributed by atoms with Gasteiger partial charge in [-0.1, -0.05) is 42.5 Å². The molecule has 0 saturated carbocycles. The van der Waals surface area contributed by atoms with Crippen molar-refractivity contribution in [1.82, 2.24) is 15.2 Å². The molecule has 0 saturated heterocycles. The molecule has 0 unspecified atom stereocenters. The molecule has 7 nitrogen and oxygen atoms in total. The van der Waals surface area contributed by atoms with Crippen molar-refractivity contribution in [2.24, 2.45) is 5.92 Å². The van der Waals surface area contributed by atoms with Gasteiger partial charge in [-0.3, -0.25) is 15.0 Å². The molecule has 1 aromatic rings. The molecule has 1 amide bonds. The Morgan fingerprint density at radius 3 is 2.30 bits per heavy atom. The summed E-state index contributed by atoms with van der Waals surface area (Å²) in [5.41, 5.74) is 2.73. The molecule has 8 heteroatoms. The van der Waals surface area contributed by atoms with E-state index in [4.69, 9.17) is 0 Å². The minimum Gasteiger partial charge on any atom is -0.347 e.